The van der Waals surface area contributed by atoms with E-state index < -0.39 is 23.2 Å². The van der Waals surface area contributed by atoms with Gasteiger partial charge in [-0.15, -0.1) is 0 Å². The lowest BCUT2D eigenvalue weighted by atomic mass is 9.98. The van der Waals surface area contributed by atoms with Gasteiger partial charge in [0.2, 0.25) is 0 Å². The summed E-state index contributed by atoms with van der Waals surface area (Å²) in [5, 5.41) is 0. The highest BCUT2D eigenvalue weighted by Gasteiger charge is 2.35. The number of nitrogens with zero attached hydrogens (tertiary/aromatic N) is 1. The van der Waals surface area contributed by atoms with Gasteiger partial charge >= 0.3 is 0 Å². The number of fused-ring (bicyclic) bond motifs is 2. The van der Waals surface area contributed by atoms with Gasteiger partial charge in [-0.1, -0.05) is 35.9 Å². The molecular formula is C31H21F2NO3. The van der Waals surface area contributed by atoms with Crippen LogP contribution >= 0.6 is 0 Å². The van der Waals surface area contributed by atoms with Gasteiger partial charge in [-0.3, -0.25) is 9.59 Å². The zero-order valence-electron chi connectivity index (χ0n) is 20.4. The lowest BCUT2D eigenvalue weighted by Crippen LogP contribution is -2.03. The number of halogens is 2. The smallest absolute Gasteiger partial charge is 0.197 e. The number of aryl methyl sites for hydroxylation is 3. The van der Waals surface area contributed by atoms with Crippen LogP contribution in [-0.4, -0.2) is 16.1 Å². The van der Waals surface area contributed by atoms with E-state index in [1.54, 1.807) is 6.07 Å². The van der Waals surface area contributed by atoms with E-state index in [2.05, 4.69) is 19.1 Å². The summed E-state index contributed by atoms with van der Waals surface area (Å²) in [4.78, 5) is 26.0. The van der Waals surface area contributed by atoms with Crippen LogP contribution in [0.3, 0.4) is 0 Å². The van der Waals surface area contributed by atoms with Gasteiger partial charge in [0.25, 0.3) is 0 Å². The Bertz CT molecular complexity index is 1740. The van der Waals surface area contributed by atoms with Crippen molar-refractivity contribution in [1.82, 2.24) is 4.57 Å². The average Bonchev–Trinajstić information content (AvgIpc) is 3.46. The number of para-hydroxylation sites is 1. The Labute approximate surface area is 211 Å². The summed E-state index contributed by atoms with van der Waals surface area (Å²) in [6, 6.07) is 19.0. The Hall–Kier alpha value is -4.58. The number of ketones is 2. The normalized spacial score (nSPS) is 13.1. The minimum absolute atomic E-state index is 0.135. The molecule has 0 radical (unpaired) electrons. The third-order valence-corrected chi connectivity index (χ3v) is 6.79. The van der Waals surface area contributed by atoms with Crippen LogP contribution in [0.5, 0.6) is 0 Å². The molecule has 2 heterocycles. The van der Waals surface area contributed by atoms with Crippen LogP contribution in [0.25, 0.3) is 34.2 Å². The molecule has 0 spiro atoms. The molecule has 2 aromatic heterocycles. The molecule has 1 aliphatic rings. The van der Waals surface area contributed by atoms with Crippen molar-refractivity contribution in [2.24, 2.45) is 0 Å². The average molecular weight is 494 g/mol. The fraction of sp³-hybridized carbons (Fsp3) is 0.0968. The largest absolute Gasteiger partial charge is 0.454 e. The van der Waals surface area contributed by atoms with Gasteiger partial charge in [-0.2, -0.15) is 0 Å². The van der Waals surface area contributed by atoms with Gasteiger partial charge < -0.3 is 8.98 Å². The molecule has 0 saturated heterocycles. The molecule has 5 aromatic rings. The molecule has 0 N–H and O–H groups in total. The zero-order chi connectivity index (χ0) is 26.0. The van der Waals surface area contributed by atoms with Crippen molar-refractivity contribution < 1.29 is 22.8 Å². The second-order valence-electron chi connectivity index (χ2n) is 9.40. The summed E-state index contributed by atoms with van der Waals surface area (Å²) >= 11 is 0. The van der Waals surface area contributed by atoms with Crippen molar-refractivity contribution in [3.63, 3.8) is 0 Å². The molecule has 0 aliphatic heterocycles. The lowest BCUT2D eigenvalue weighted by Gasteiger charge is -2.09. The number of hydrogen-bond donors (Lipinski definition) is 0. The van der Waals surface area contributed by atoms with Crippen LogP contribution in [0.2, 0.25) is 0 Å². The van der Waals surface area contributed by atoms with Crippen LogP contribution in [0.4, 0.5) is 8.78 Å². The molecule has 3 aromatic carbocycles. The quantitative estimate of drug-likeness (QED) is 0.193. The van der Waals surface area contributed by atoms with E-state index in [0.29, 0.717) is 11.3 Å². The molecule has 182 valence electrons. The van der Waals surface area contributed by atoms with Gasteiger partial charge in [0, 0.05) is 34.5 Å². The summed E-state index contributed by atoms with van der Waals surface area (Å²) in [6.45, 7) is 6.15. The maximum atomic E-state index is 13.8. The molecule has 4 nitrogen and oxygen atoms in total. The number of allylic oxidation sites excluding steroid dienone is 1. The predicted octanol–water partition coefficient (Wildman–Crippen LogP) is 7.56. The SMILES string of the molecule is Cc1cc(C)c(-c2cc3c(cc(C=C4C(=O)c5cc(F)c(F)cc5C4=O)n3-c3ccccc3)o2)c(C)c1. The predicted molar refractivity (Wildman–Crippen MR) is 138 cm³/mol. The fourth-order valence-electron chi connectivity index (χ4n) is 5.27. The summed E-state index contributed by atoms with van der Waals surface area (Å²) < 4.78 is 35.8. The fourth-order valence-corrected chi connectivity index (χ4v) is 5.27. The Morgan fingerprint density at radius 3 is 1.97 bits per heavy atom. The molecule has 6 rings (SSSR count). The highest BCUT2D eigenvalue weighted by Crippen LogP contribution is 2.37. The van der Waals surface area contributed by atoms with E-state index in [1.807, 2.05) is 54.8 Å². The van der Waals surface area contributed by atoms with Crippen LogP contribution < -0.4 is 0 Å². The van der Waals surface area contributed by atoms with Crippen molar-refractivity contribution in [2.75, 3.05) is 0 Å². The molecule has 0 bridgehead atoms. The van der Waals surface area contributed by atoms with E-state index in [-0.39, 0.29) is 16.7 Å². The first-order valence-corrected chi connectivity index (χ1v) is 11.8. The number of hydrogen-bond acceptors (Lipinski definition) is 3. The van der Waals surface area contributed by atoms with E-state index >= 15 is 0 Å². The van der Waals surface area contributed by atoms with Crippen molar-refractivity contribution >= 4 is 28.7 Å². The Morgan fingerprint density at radius 1 is 0.784 bits per heavy atom. The number of Topliss-reactive ketones (excluding diaryl/α,β-unsaturated/α-hetero) is 2. The minimum Gasteiger partial charge on any atom is -0.454 e. The van der Waals surface area contributed by atoms with Crippen LogP contribution in [-0.2, 0) is 0 Å². The van der Waals surface area contributed by atoms with E-state index in [9.17, 15) is 18.4 Å². The van der Waals surface area contributed by atoms with Crippen LogP contribution in [0.1, 0.15) is 43.1 Å². The second kappa shape index (κ2) is 8.23. The van der Waals surface area contributed by atoms with Crippen molar-refractivity contribution in [1.29, 1.82) is 0 Å². The molecule has 6 heteroatoms. The minimum atomic E-state index is -1.17. The lowest BCUT2D eigenvalue weighted by molar-refractivity contribution is 0.0990. The number of carbonyl (C=O) groups excluding carboxylic acids is 2. The number of furan rings is 1. The van der Waals surface area contributed by atoms with E-state index in [1.165, 1.54) is 11.6 Å². The van der Waals surface area contributed by atoms with E-state index in [4.69, 9.17) is 4.42 Å². The maximum absolute atomic E-state index is 13.8. The third-order valence-electron chi connectivity index (χ3n) is 6.79. The highest BCUT2D eigenvalue weighted by atomic mass is 19.2. The Morgan fingerprint density at radius 2 is 1.38 bits per heavy atom. The summed E-state index contributed by atoms with van der Waals surface area (Å²) in [5.41, 5.74) is 6.65. The zero-order valence-corrected chi connectivity index (χ0v) is 20.4. The summed E-state index contributed by atoms with van der Waals surface area (Å²) in [6.07, 6.45) is 1.46. The molecule has 0 atom stereocenters. The number of rotatable bonds is 3. The first kappa shape index (κ1) is 22.9. The Kier molecular flexibility index (Phi) is 5.09. The molecule has 0 unspecified atom stereocenters. The van der Waals surface area contributed by atoms with Gasteiger partial charge in [-0.05, 0) is 62.2 Å². The van der Waals surface area contributed by atoms with Gasteiger partial charge in [0.1, 0.15) is 5.76 Å². The number of carbonyl (C=O) groups is 2. The van der Waals surface area contributed by atoms with Gasteiger partial charge in [-0.25, -0.2) is 8.78 Å². The molecule has 0 amide bonds. The molecule has 1 aliphatic carbocycles. The number of benzene rings is 3. The van der Waals surface area contributed by atoms with Crippen molar-refractivity contribution in [3.05, 3.63) is 117 Å². The molecule has 0 fully saturated rings. The first-order valence-electron chi connectivity index (χ1n) is 11.8. The summed E-state index contributed by atoms with van der Waals surface area (Å²) in [5.74, 6) is -2.89. The monoisotopic (exact) mass is 493 g/mol. The third kappa shape index (κ3) is 3.56. The standard InChI is InChI=1S/C31H21F2NO3/c1-16-9-17(2)29(18(3)10-16)28-15-26-27(37-28)12-20(34(26)19-7-5-4-6-8-19)11-23-30(35)21-13-24(32)25(33)14-22(21)31(23)36/h4-15H,1-3H3. The van der Waals surface area contributed by atoms with Gasteiger partial charge in [0.15, 0.2) is 28.8 Å². The van der Waals surface area contributed by atoms with Crippen LogP contribution in [0, 0.1) is 32.4 Å². The van der Waals surface area contributed by atoms with Crippen molar-refractivity contribution in [3.8, 4) is 17.0 Å². The molecule has 37 heavy (non-hydrogen) atoms. The second-order valence-corrected chi connectivity index (χ2v) is 9.40. The summed E-state index contributed by atoms with van der Waals surface area (Å²) in [7, 11) is 0. The van der Waals surface area contributed by atoms with Crippen LogP contribution in [0.15, 0.2) is 76.7 Å². The molecular weight excluding hydrogens is 472 g/mol. The molecule has 0 saturated carbocycles. The van der Waals surface area contributed by atoms with Gasteiger partial charge in [0.05, 0.1) is 16.8 Å². The topological polar surface area (TPSA) is 52.2 Å². The van der Waals surface area contributed by atoms with E-state index in [0.717, 1.165) is 45.8 Å². The number of aromatic nitrogens is 1. The van der Waals surface area contributed by atoms with Crippen molar-refractivity contribution in [2.45, 2.75) is 20.8 Å². The first-order chi connectivity index (χ1) is 17.7. The highest BCUT2D eigenvalue weighted by molar-refractivity contribution is 6.41. The maximum Gasteiger partial charge on any atom is 0.197 e. The Balaban J connectivity index is 1.55.